The van der Waals surface area contributed by atoms with Crippen molar-refractivity contribution in [3.05, 3.63) is 35.1 Å². The van der Waals surface area contributed by atoms with E-state index in [1.165, 1.54) is 6.07 Å². The van der Waals surface area contributed by atoms with Gasteiger partial charge in [-0.2, -0.15) is 0 Å². The van der Waals surface area contributed by atoms with E-state index in [9.17, 15) is 9.18 Å². The highest BCUT2D eigenvalue weighted by molar-refractivity contribution is 6.21. The number of benzene rings is 1. The second-order valence-electron chi connectivity index (χ2n) is 4.97. The van der Waals surface area contributed by atoms with Crippen LogP contribution in [0, 0.1) is 12.7 Å². The van der Waals surface area contributed by atoms with Crippen molar-refractivity contribution in [2.45, 2.75) is 31.2 Å². The van der Waals surface area contributed by atoms with E-state index < -0.39 is 12.0 Å². The molecule has 3 nitrogen and oxygen atoms in total. The number of likely N-dealkylation sites (tertiary alicyclic amines) is 1. The Hall–Kier alpha value is -1.13. The number of alkyl halides is 1. The molecule has 2 rings (SSSR count). The van der Waals surface area contributed by atoms with Gasteiger partial charge in [0.15, 0.2) is 0 Å². The smallest absolute Gasteiger partial charge is 0.320 e. The number of halogens is 2. The maximum absolute atomic E-state index is 13.2. The molecule has 5 heteroatoms. The summed E-state index contributed by atoms with van der Waals surface area (Å²) in [6, 6.07) is 4.34. The van der Waals surface area contributed by atoms with Gasteiger partial charge in [0, 0.05) is 6.54 Å². The van der Waals surface area contributed by atoms with Crippen molar-refractivity contribution in [2.24, 2.45) is 0 Å². The number of aliphatic carboxylic acids is 1. The summed E-state index contributed by atoms with van der Waals surface area (Å²) >= 11 is 6.32. The third-order valence-corrected chi connectivity index (χ3v) is 3.98. The number of carboxylic acids is 1. The van der Waals surface area contributed by atoms with Crippen LogP contribution in [0.25, 0.3) is 0 Å². The van der Waals surface area contributed by atoms with Crippen molar-refractivity contribution < 1.29 is 14.3 Å². The number of hydrogen-bond acceptors (Lipinski definition) is 2. The second-order valence-corrected chi connectivity index (χ2v) is 5.49. The molecule has 2 atom stereocenters. The molecule has 1 N–H and O–H groups in total. The van der Waals surface area contributed by atoms with E-state index in [4.69, 9.17) is 16.7 Å². The van der Waals surface area contributed by atoms with Crippen LogP contribution in [0.1, 0.15) is 29.3 Å². The molecule has 2 unspecified atom stereocenters. The number of carboxylic acid groups (broad SMARTS) is 1. The molecule has 1 aromatic carbocycles. The van der Waals surface area contributed by atoms with E-state index in [0.29, 0.717) is 18.5 Å². The lowest BCUT2D eigenvalue weighted by Gasteiger charge is -2.24. The molecule has 0 saturated carbocycles. The van der Waals surface area contributed by atoms with Gasteiger partial charge in [-0.25, -0.2) is 4.39 Å². The van der Waals surface area contributed by atoms with Crippen molar-refractivity contribution in [1.82, 2.24) is 4.90 Å². The first-order valence-electron chi connectivity index (χ1n) is 6.36. The molecule has 1 fully saturated rings. The highest BCUT2D eigenvalue weighted by atomic mass is 35.5. The summed E-state index contributed by atoms with van der Waals surface area (Å²) < 4.78 is 13.2. The molecule has 0 radical (unpaired) electrons. The van der Waals surface area contributed by atoms with Crippen LogP contribution < -0.4 is 0 Å². The quantitative estimate of drug-likeness (QED) is 0.865. The third-order valence-electron chi connectivity index (χ3n) is 3.59. The molecule has 0 bridgehead atoms. The molecule has 0 spiro atoms. The van der Waals surface area contributed by atoms with E-state index >= 15 is 0 Å². The van der Waals surface area contributed by atoms with E-state index in [-0.39, 0.29) is 11.2 Å². The van der Waals surface area contributed by atoms with Crippen LogP contribution in [0.15, 0.2) is 18.2 Å². The topological polar surface area (TPSA) is 40.5 Å². The number of nitrogens with zero attached hydrogens (tertiary/aromatic N) is 1. The standard InChI is InChI=1S/C14H17ClFNO2/c1-9-7-10(4-5-12(9)16)11(15)8-17-6-2-3-13(17)14(18)19/h4-5,7,11,13H,2-3,6,8H2,1H3,(H,18,19). The van der Waals surface area contributed by atoms with Crippen molar-refractivity contribution in [1.29, 1.82) is 0 Å². The van der Waals surface area contributed by atoms with Gasteiger partial charge in [-0.15, -0.1) is 11.6 Å². The van der Waals surface area contributed by atoms with Crippen LogP contribution in [0.4, 0.5) is 4.39 Å². The minimum atomic E-state index is -0.795. The molecular weight excluding hydrogens is 269 g/mol. The fourth-order valence-electron chi connectivity index (χ4n) is 2.50. The fraction of sp³-hybridized carbons (Fsp3) is 0.500. The Morgan fingerprint density at radius 1 is 1.63 bits per heavy atom. The summed E-state index contributed by atoms with van der Waals surface area (Å²) in [5.74, 6) is -1.05. The van der Waals surface area contributed by atoms with Gasteiger partial charge in [-0.3, -0.25) is 9.69 Å². The third kappa shape index (κ3) is 3.25. The predicted molar refractivity (Wildman–Crippen MR) is 72.0 cm³/mol. The molecule has 1 aromatic rings. The van der Waals surface area contributed by atoms with Crippen LogP contribution in [0.3, 0.4) is 0 Å². The molecule has 0 aliphatic carbocycles. The van der Waals surface area contributed by atoms with Crippen molar-refractivity contribution >= 4 is 17.6 Å². The Labute approximate surface area is 117 Å². The van der Waals surface area contributed by atoms with Crippen molar-refractivity contribution in [3.8, 4) is 0 Å². The van der Waals surface area contributed by atoms with E-state index in [1.54, 1.807) is 19.1 Å². The van der Waals surface area contributed by atoms with E-state index in [0.717, 1.165) is 18.5 Å². The van der Waals surface area contributed by atoms with Gasteiger partial charge in [-0.05, 0) is 43.5 Å². The van der Waals surface area contributed by atoms with Crippen molar-refractivity contribution in [2.75, 3.05) is 13.1 Å². The van der Waals surface area contributed by atoms with Crippen LogP contribution in [0.5, 0.6) is 0 Å². The zero-order valence-electron chi connectivity index (χ0n) is 10.8. The maximum atomic E-state index is 13.2. The van der Waals surface area contributed by atoms with Gasteiger partial charge in [0.1, 0.15) is 11.9 Å². The highest BCUT2D eigenvalue weighted by Gasteiger charge is 2.31. The molecule has 0 amide bonds. The zero-order chi connectivity index (χ0) is 14.0. The second kappa shape index (κ2) is 5.88. The molecule has 1 aliphatic heterocycles. The van der Waals surface area contributed by atoms with E-state index in [1.807, 2.05) is 4.90 Å². The summed E-state index contributed by atoms with van der Waals surface area (Å²) in [6.45, 7) is 2.92. The summed E-state index contributed by atoms with van der Waals surface area (Å²) in [6.07, 6.45) is 1.55. The number of rotatable bonds is 4. The lowest BCUT2D eigenvalue weighted by Crippen LogP contribution is -2.37. The van der Waals surface area contributed by atoms with Crippen LogP contribution in [-0.2, 0) is 4.79 Å². The first-order chi connectivity index (χ1) is 8.99. The van der Waals surface area contributed by atoms with E-state index in [2.05, 4.69) is 0 Å². The first kappa shape index (κ1) is 14.3. The predicted octanol–water partition coefficient (Wildman–Crippen LogP) is 2.96. The van der Waals surface area contributed by atoms with Crippen LogP contribution in [-0.4, -0.2) is 35.1 Å². The SMILES string of the molecule is Cc1cc(C(Cl)CN2CCCC2C(=O)O)ccc1F. The average molecular weight is 286 g/mol. The summed E-state index contributed by atoms with van der Waals surface area (Å²) in [5.41, 5.74) is 1.39. The molecule has 19 heavy (non-hydrogen) atoms. The molecule has 1 aliphatic rings. The molecular formula is C14H17ClFNO2. The Kier molecular flexibility index (Phi) is 4.42. The normalized spacial score (nSPS) is 21.5. The number of hydrogen-bond donors (Lipinski definition) is 1. The lowest BCUT2D eigenvalue weighted by atomic mass is 10.1. The minimum Gasteiger partial charge on any atom is -0.480 e. The van der Waals surface area contributed by atoms with Gasteiger partial charge >= 0.3 is 5.97 Å². The highest BCUT2D eigenvalue weighted by Crippen LogP contribution is 2.27. The monoisotopic (exact) mass is 285 g/mol. The van der Waals surface area contributed by atoms with Gasteiger partial charge < -0.3 is 5.11 Å². The molecule has 104 valence electrons. The van der Waals surface area contributed by atoms with Gasteiger partial charge in [0.05, 0.1) is 5.38 Å². The minimum absolute atomic E-state index is 0.253. The average Bonchev–Trinajstić information content (AvgIpc) is 2.80. The Bertz CT molecular complexity index is 481. The number of carbonyl (C=O) groups is 1. The van der Waals surface area contributed by atoms with Gasteiger partial charge in [0.2, 0.25) is 0 Å². The maximum Gasteiger partial charge on any atom is 0.320 e. The first-order valence-corrected chi connectivity index (χ1v) is 6.79. The Balaban J connectivity index is 2.06. The summed E-state index contributed by atoms with van der Waals surface area (Å²) in [4.78, 5) is 13.0. The Morgan fingerprint density at radius 3 is 3.00 bits per heavy atom. The van der Waals surface area contributed by atoms with Gasteiger partial charge in [0.25, 0.3) is 0 Å². The number of aryl methyl sites for hydroxylation is 1. The Morgan fingerprint density at radius 2 is 2.37 bits per heavy atom. The lowest BCUT2D eigenvalue weighted by molar-refractivity contribution is -0.142. The molecule has 0 aromatic heterocycles. The van der Waals surface area contributed by atoms with Gasteiger partial charge in [-0.1, -0.05) is 12.1 Å². The molecule has 1 heterocycles. The zero-order valence-corrected chi connectivity index (χ0v) is 11.5. The molecule has 1 saturated heterocycles. The largest absolute Gasteiger partial charge is 0.480 e. The van der Waals surface area contributed by atoms with Crippen LogP contribution in [0.2, 0.25) is 0 Å². The fourth-order valence-corrected chi connectivity index (χ4v) is 2.81. The summed E-state index contributed by atoms with van der Waals surface area (Å²) in [5, 5.41) is 8.79. The van der Waals surface area contributed by atoms with Crippen LogP contribution >= 0.6 is 11.6 Å². The van der Waals surface area contributed by atoms with Crippen molar-refractivity contribution in [3.63, 3.8) is 0 Å². The summed E-state index contributed by atoms with van der Waals surface area (Å²) in [7, 11) is 0.